The van der Waals surface area contributed by atoms with Gasteiger partial charge in [0.1, 0.15) is 5.41 Å². The Hall–Kier alpha value is -2.57. The second kappa shape index (κ2) is 7.98. The highest BCUT2D eigenvalue weighted by Crippen LogP contribution is 2.45. The zero-order chi connectivity index (χ0) is 19.4. The molecule has 0 saturated heterocycles. The number of terminal acetylenes is 1. The Bertz CT molecular complexity index is 936. The van der Waals surface area contributed by atoms with E-state index in [9.17, 15) is 4.79 Å². The predicted octanol–water partition coefficient (Wildman–Crippen LogP) is 5.79. The molecule has 4 heteroatoms. The number of hydrogen-bond donors (Lipinski definition) is 1. The zero-order valence-electron chi connectivity index (χ0n) is 15.7. The number of aryl methyl sites for hydroxylation is 1. The fourth-order valence-electron chi connectivity index (χ4n) is 2.90. The van der Waals surface area contributed by atoms with Crippen LogP contribution in [0.1, 0.15) is 43.9 Å². The van der Waals surface area contributed by atoms with Crippen LogP contribution < -0.4 is 5.32 Å². The van der Waals surface area contributed by atoms with Crippen molar-refractivity contribution < 1.29 is 4.79 Å². The summed E-state index contributed by atoms with van der Waals surface area (Å²) in [6.07, 6.45) is 12.8. The maximum absolute atomic E-state index is 12.4. The number of carbonyl (C=O) groups is 1. The number of carbonyl (C=O) groups excluding carboxylic acids is 1. The SMILES string of the molecule is C#CC1(C(=O)Nc2cccc(-c3cnc(C)c(/C(Cl)=C\CCC)c3)c2)CC1. The maximum atomic E-state index is 12.4. The van der Waals surface area contributed by atoms with Crippen LogP contribution in [0, 0.1) is 24.7 Å². The molecule has 0 spiro atoms. The number of nitrogens with zero attached hydrogens (tertiary/aromatic N) is 1. The summed E-state index contributed by atoms with van der Waals surface area (Å²) in [6, 6.07) is 9.74. The Balaban J connectivity index is 1.87. The second-order valence-corrected chi connectivity index (χ2v) is 7.37. The average molecular weight is 379 g/mol. The van der Waals surface area contributed by atoms with Crippen LogP contribution in [0.4, 0.5) is 5.69 Å². The number of allylic oxidation sites excluding steroid dienone is 1. The van der Waals surface area contributed by atoms with E-state index >= 15 is 0 Å². The first-order valence-corrected chi connectivity index (χ1v) is 9.59. The molecule has 27 heavy (non-hydrogen) atoms. The monoisotopic (exact) mass is 378 g/mol. The Morgan fingerprint density at radius 1 is 1.37 bits per heavy atom. The van der Waals surface area contributed by atoms with Crippen LogP contribution in [0.5, 0.6) is 0 Å². The van der Waals surface area contributed by atoms with Crippen LogP contribution in [0.15, 0.2) is 42.6 Å². The van der Waals surface area contributed by atoms with E-state index in [2.05, 4.69) is 23.1 Å². The molecule has 1 saturated carbocycles. The molecule has 0 unspecified atom stereocenters. The number of amides is 1. The summed E-state index contributed by atoms with van der Waals surface area (Å²) in [6.45, 7) is 4.07. The Morgan fingerprint density at radius 2 is 2.15 bits per heavy atom. The van der Waals surface area contributed by atoms with Crippen LogP contribution in [0.25, 0.3) is 16.2 Å². The molecule has 1 amide bonds. The molecule has 1 heterocycles. The largest absolute Gasteiger partial charge is 0.325 e. The fourth-order valence-corrected chi connectivity index (χ4v) is 3.20. The lowest BCUT2D eigenvalue weighted by molar-refractivity contribution is -0.119. The van der Waals surface area contributed by atoms with Crippen molar-refractivity contribution in [3.8, 4) is 23.5 Å². The van der Waals surface area contributed by atoms with E-state index in [1.165, 1.54) is 0 Å². The van der Waals surface area contributed by atoms with E-state index in [1.807, 2.05) is 49.5 Å². The summed E-state index contributed by atoms with van der Waals surface area (Å²) in [7, 11) is 0. The molecule has 0 radical (unpaired) electrons. The summed E-state index contributed by atoms with van der Waals surface area (Å²) in [5.41, 5.74) is 3.85. The summed E-state index contributed by atoms with van der Waals surface area (Å²) in [5, 5.41) is 3.66. The van der Waals surface area contributed by atoms with Gasteiger partial charge in [-0.1, -0.05) is 49.1 Å². The topological polar surface area (TPSA) is 42.0 Å². The summed E-state index contributed by atoms with van der Waals surface area (Å²) >= 11 is 6.47. The molecule has 0 atom stereocenters. The molecule has 3 rings (SSSR count). The van der Waals surface area contributed by atoms with Gasteiger partial charge in [-0.2, -0.15) is 0 Å². The number of anilines is 1. The van der Waals surface area contributed by atoms with E-state index < -0.39 is 5.41 Å². The van der Waals surface area contributed by atoms with Crippen molar-refractivity contribution in [1.82, 2.24) is 4.98 Å². The van der Waals surface area contributed by atoms with Crippen LogP contribution in [-0.4, -0.2) is 10.9 Å². The lowest BCUT2D eigenvalue weighted by Gasteiger charge is -2.12. The van der Waals surface area contributed by atoms with Crippen LogP contribution in [0.2, 0.25) is 0 Å². The number of hydrogen-bond acceptors (Lipinski definition) is 2. The maximum Gasteiger partial charge on any atom is 0.242 e. The molecule has 3 nitrogen and oxygen atoms in total. The van der Waals surface area contributed by atoms with E-state index in [1.54, 1.807) is 0 Å². The van der Waals surface area contributed by atoms with Crippen LogP contribution in [0.3, 0.4) is 0 Å². The lowest BCUT2D eigenvalue weighted by Crippen LogP contribution is -2.22. The molecular weight excluding hydrogens is 356 g/mol. The number of halogens is 1. The minimum Gasteiger partial charge on any atom is -0.325 e. The van der Waals surface area contributed by atoms with Gasteiger partial charge in [0.05, 0.1) is 0 Å². The number of rotatable bonds is 6. The van der Waals surface area contributed by atoms with E-state index in [0.29, 0.717) is 0 Å². The fraction of sp³-hybridized carbons (Fsp3) is 0.304. The minimum atomic E-state index is -0.619. The zero-order valence-corrected chi connectivity index (χ0v) is 16.4. The minimum absolute atomic E-state index is 0.101. The van der Waals surface area contributed by atoms with Crippen LogP contribution >= 0.6 is 11.6 Å². The molecule has 2 aromatic rings. The number of pyridine rings is 1. The van der Waals surface area contributed by atoms with Crippen molar-refractivity contribution in [2.75, 3.05) is 5.32 Å². The van der Waals surface area contributed by atoms with Gasteiger partial charge < -0.3 is 5.32 Å². The first kappa shape index (κ1) is 19.2. The van der Waals surface area contributed by atoms with E-state index in [0.717, 1.165) is 58.8 Å². The number of nitrogens with one attached hydrogen (secondary N) is 1. The normalized spacial score (nSPS) is 15.1. The highest BCUT2D eigenvalue weighted by atomic mass is 35.5. The lowest BCUT2D eigenvalue weighted by atomic mass is 10.0. The van der Waals surface area contributed by atoms with Crippen molar-refractivity contribution >= 4 is 28.2 Å². The van der Waals surface area contributed by atoms with Crippen molar-refractivity contribution in [2.24, 2.45) is 5.41 Å². The van der Waals surface area contributed by atoms with Crippen molar-refractivity contribution in [3.63, 3.8) is 0 Å². The van der Waals surface area contributed by atoms with Gasteiger partial charge in [0.15, 0.2) is 0 Å². The third-order valence-electron chi connectivity index (χ3n) is 4.87. The molecular formula is C23H23ClN2O. The standard InChI is InChI=1S/C23H23ClN2O/c1-4-6-10-21(24)20-14-18(15-25-16(20)3)17-8-7-9-19(13-17)26-22(27)23(5-2)11-12-23/h2,7-10,13-15H,4,6,11-12H2,1,3H3,(H,26,27)/b21-10+. The number of unbranched alkanes of at least 4 members (excludes halogenated alkanes) is 1. The van der Waals surface area contributed by atoms with Crippen molar-refractivity contribution in [3.05, 3.63) is 53.9 Å². The van der Waals surface area contributed by atoms with Gasteiger partial charge in [0.2, 0.25) is 5.91 Å². The molecule has 1 fully saturated rings. The first-order valence-electron chi connectivity index (χ1n) is 9.21. The van der Waals surface area contributed by atoms with E-state index in [-0.39, 0.29) is 5.91 Å². The summed E-state index contributed by atoms with van der Waals surface area (Å²) < 4.78 is 0. The van der Waals surface area contributed by atoms with Crippen molar-refractivity contribution in [2.45, 2.75) is 39.5 Å². The Morgan fingerprint density at radius 3 is 2.81 bits per heavy atom. The Kier molecular flexibility index (Phi) is 5.68. The van der Waals surface area contributed by atoms with Gasteiger partial charge in [-0.25, -0.2) is 0 Å². The quantitative estimate of drug-likeness (QED) is 0.646. The third-order valence-corrected chi connectivity index (χ3v) is 5.23. The van der Waals surface area contributed by atoms with Gasteiger partial charge in [0.25, 0.3) is 0 Å². The molecule has 1 aromatic carbocycles. The third kappa shape index (κ3) is 4.23. The van der Waals surface area contributed by atoms with Crippen LogP contribution in [-0.2, 0) is 4.79 Å². The van der Waals surface area contributed by atoms with Gasteiger partial charge in [-0.3, -0.25) is 9.78 Å². The van der Waals surface area contributed by atoms with E-state index in [4.69, 9.17) is 18.0 Å². The molecule has 1 aromatic heterocycles. The molecule has 138 valence electrons. The average Bonchev–Trinajstić information content (AvgIpc) is 3.48. The molecule has 0 aliphatic heterocycles. The number of aromatic nitrogens is 1. The smallest absolute Gasteiger partial charge is 0.242 e. The Labute approximate surface area is 165 Å². The highest BCUT2D eigenvalue weighted by molar-refractivity contribution is 6.48. The van der Waals surface area contributed by atoms with Crippen molar-refractivity contribution in [1.29, 1.82) is 0 Å². The second-order valence-electron chi connectivity index (χ2n) is 6.96. The molecule has 0 bridgehead atoms. The molecule has 1 aliphatic rings. The number of benzene rings is 1. The predicted molar refractivity (Wildman–Crippen MR) is 112 cm³/mol. The summed E-state index contributed by atoms with van der Waals surface area (Å²) in [4.78, 5) is 16.9. The van der Waals surface area contributed by atoms with Gasteiger partial charge in [-0.15, -0.1) is 6.42 Å². The molecule has 1 N–H and O–H groups in total. The molecule has 1 aliphatic carbocycles. The van der Waals surface area contributed by atoms with Gasteiger partial charge >= 0.3 is 0 Å². The highest BCUT2D eigenvalue weighted by Gasteiger charge is 2.48. The van der Waals surface area contributed by atoms with Gasteiger partial charge in [-0.05, 0) is 49.9 Å². The van der Waals surface area contributed by atoms with Gasteiger partial charge in [0, 0.05) is 33.7 Å². The summed E-state index contributed by atoms with van der Waals surface area (Å²) in [5.74, 6) is 2.52. The first-order chi connectivity index (χ1) is 13.0.